The molecule has 174 valence electrons. The van der Waals surface area contributed by atoms with Crippen molar-refractivity contribution in [1.82, 2.24) is 20.1 Å². The van der Waals surface area contributed by atoms with E-state index in [1.54, 1.807) is 37.4 Å². The van der Waals surface area contributed by atoms with Gasteiger partial charge in [0.1, 0.15) is 18.1 Å². The summed E-state index contributed by atoms with van der Waals surface area (Å²) < 4.78 is 17.7. The Bertz CT molecular complexity index is 1220. The number of nitrogens with one attached hydrogen (secondary N) is 1. The van der Waals surface area contributed by atoms with E-state index in [0.717, 1.165) is 16.8 Å². The largest absolute Gasteiger partial charge is 0.496 e. The molecule has 2 aromatic carbocycles. The van der Waals surface area contributed by atoms with Crippen LogP contribution in [0.1, 0.15) is 15.9 Å². The molecule has 0 bridgehead atoms. The summed E-state index contributed by atoms with van der Waals surface area (Å²) in [6.07, 6.45) is 3.41. The van der Waals surface area contributed by atoms with Gasteiger partial charge in [0.05, 0.1) is 25.0 Å². The quantitative estimate of drug-likeness (QED) is 0.363. The van der Waals surface area contributed by atoms with Gasteiger partial charge in [-0.25, -0.2) is 9.67 Å². The van der Waals surface area contributed by atoms with E-state index in [1.807, 2.05) is 60.7 Å². The van der Waals surface area contributed by atoms with Gasteiger partial charge in [0.25, 0.3) is 5.91 Å². The zero-order valence-corrected chi connectivity index (χ0v) is 19.1. The highest BCUT2D eigenvalue weighted by Crippen LogP contribution is 2.31. The Kier molecular flexibility index (Phi) is 7.52. The molecule has 34 heavy (non-hydrogen) atoms. The second-order valence-corrected chi connectivity index (χ2v) is 7.40. The van der Waals surface area contributed by atoms with Crippen LogP contribution in [0.15, 0.2) is 79.1 Å². The number of ether oxygens (including phenoxy) is 3. The fourth-order valence-electron chi connectivity index (χ4n) is 3.40. The van der Waals surface area contributed by atoms with Crippen LogP contribution < -0.4 is 14.8 Å². The van der Waals surface area contributed by atoms with Crippen molar-refractivity contribution >= 4 is 5.91 Å². The molecule has 0 radical (unpaired) electrons. The first-order chi connectivity index (χ1) is 16.7. The molecule has 0 aliphatic heterocycles. The summed E-state index contributed by atoms with van der Waals surface area (Å²) >= 11 is 0. The highest BCUT2D eigenvalue weighted by Gasteiger charge is 2.21. The molecule has 8 nitrogen and oxygen atoms in total. The molecule has 0 unspecified atom stereocenters. The number of hydrogen-bond donors (Lipinski definition) is 1. The number of carbonyl (C=O) groups excluding carboxylic acids is 1. The molecule has 1 N–H and O–H groups in total. The first-order valence-electron chi connectivity index (χ1n) is 10.8. The van der Waals surface area contributed by atoms with Crippen LogP contribution in [0.3, 0.4) is 0 Å². The van der Waals surface area contributed by atoms with Crippen LogP contribution in [0.25, 0.3) is 16.9 Å². The van der Waals surface area contributed by atoms with Crippen molar-refractivity contribution in [2.45, 2.75) is 6.54 Å². The lowest BCUT2D eigenvalue weighted by Gasteiger charge is -2.09. The topological polar surface area (TPSA) is 87.5 Å². The summed E-state index contributed by atoms with van der Waals surface area (Å²) in [5, 5.41) is 7.68. The molecule has 0 atom stereocenters. The molecule has 1 amide bonds. The summed E-state index contributed by atoms with van der Waals surface area (Å²) in [5.74, 6) is 0.904. The fraction of sp³-hybridized carbons (Fsp3) is 0.192. The maximum atomic E-state index is 13.2. The van der Waals surface area contributed by atoms with Crippen molar-refractivity contribution in [2.24, 2.45) is 0 Å². The summed E-state index contributed by atoms with van der Waals surface area (Å²) in [7, 11) is 3.22. The van der Waals surface area contributed by atoms with Gasteiger partial charge in [-0.1, -0.05) is 36.4 Å². The van der Waals surface area contributed by atoms with Crippen LogP contribution in [-0.4, -0.2) is 48.1 Å². The Morgan fingerprint density at radius 3 is 2.50 bits per heavy atom. The molecular formula is C26H26N4O4. The summed E-state index contributed by atoms with van der Waals surface area (Å²) in [5.41, 5.74) is 3.43. The Hall–Kier alpha value is -4.17. The predicted octanol–water partition coefficient (Wildman–Crippen LogP) is 3.90. The van der Waals surface area contributed by atoms with E-state index >= 15 is 0 Å². The van der Waals surface area contributed by atoms with Crippen LogP contribution in [0.5, 0.6) is 11.6 Å². The molecule has 0 fully saturated rings. The second-order valence-electron chi connectivity index (χ2n) is 7.40. The summed E-state index contributed by atoms with van der Waals surface area (Å²) in [6, 6.07) is 20.8. The number of methoxy groups -OCH3 is 2. The zero-order valence-electron chi connectivity index (χ0n) is 19.1. The van der Waals surface area contributed by atoms with E-state index in [0.29, 0.717) is 42.6 Å². The minimum atomic E-state index is -0.247. The SMILES string of the molecule is COCCOc1ccc(CNC(=O)c2cn(-c3ccccc3)nc2-c2ccccc2OC)cn1. The molecule has 0 spiro atoms. The molecule has 0 aliphatic rings. The van der Waals surface area contributed by atoms with Crippen molar-refractivity contribution in [3.8, 4) is 28.6 Å². The van der Waals surface area contributed by atoms with E-state index in [4.69, 9.17) is 19.3 Å². The van der Waals surface area contributed by atoms with Gasteiger partial charge in [-0.2, -0.15) is 5.10 Å². The minimum absolute atomic E-state index is 0.247. The summed E-state index contributed by atoms with van der Waals surface area (Å²) in [4.78, 5) is 17.5. The predicted molar refractivity (Wildman–Crippen MR) is 128 cm³/mol. The Balaban J connectivity index is 1.56. The Morgan fingerprint density at radius 2 is 1.76 bits per heavy atom. The highest BCUT2D eigenvalue weighted by molar-refractivity contribution is 6.00. The average Bonchev–Trinajstić information content (AvgIpc) is 3.34. The van der Waals surface area contributed by atoms with Crippen LogP contribution in [0.4, 0.5) is 0 Å². The molecule has 8 heteroatoms. The molecule has 4 aromatic rings. The van der Waals surface area contributed by atoms with Crippen molar-refractivity contribution in [3.05, 3.63) is 90.3 Å². The molecule has 0 aliphatic carbocycles. The smallest absolute Gasteiger partial charge is 0.255 e. The maximum Gasteiger partial charge on any atom is 0.255 e. The van der Waals surface area contributed by atoms with Gasteiger partial charge >= 0.3 is 0 Å². The minimum Gasteiger partial charge on any atom is -0.496 e. The molecule has 0 saturated carbocycles. The van der Waals surface area contributed by atoms with E-state index in [-0.39, 0.29) is 5.91 Å². The third kappa shape index (κ3) is 5.41. The molecule has 2 aromatic heterocycles. The van der Waals surface area contributed by atoms with Crippen molar-refractivity contribution in [3.63, 3.8) is 0 Å². The van der Waals surface area contributed by atoms with E-state index in [1.165, 1.54) is 0 Å². The van der Waals surface area contributed by atoms with Gasteiger partial charge < -0.3 is 19.5 Å². The van der Waals surface area contributed by atoms with E-state index in [9.17, 15) is 4.79 Å². The number of para-hydroxylation sites is 2. The number of hydrogen-bond acceptors (Lipinski definition) is 6. The monoisotopic (exact) mass is 458 g/mol. The highest BCUT2D eigenvalue weighted by atomic mass is 16.5. The van der Waals surface area contributed by atoms with Crippen molar-refractivity contribution < 1.29 is 19.0 Å². The lowest BCUT2D eigenvalue weighted by atomic mass is 10.1. The Morgan fingerprint density at radius 1 is 0.971 bits per heavy atom. The molecular weight excluding hydrogens is 432 g/mol. The molecule has 0 saturated heterocycles. The standard InChI is InChI=1S/C26H26N4O4/c1-32-14-15-34-24-13-12-19(16-27-24)17-28-26(31)22-18-30(20-8-4-3-5-9-20)29-25(22)21-10-6-7-11-23(21)33-2/h3-13,16,18H,14-15,17H2,1-2H3,(H,28,31). The van der Waals surface area contributed by atoms with Gasteiger partial charge in [0.15, 0.2) is 0 Å². The number of carbonyl (C=O) groups is 1. The van der Waals surface area contributed by atoms with Crippen molar-refractivity contribution in [2.75, 3.05) is 27.4 Å². The third-order valence-electron chi connectivity index (χ3n) is 5.13. The molecule has 2 heterocycles. The number of amides is 1. The first-order valence-corrected chi connectivity index (χ1v) is 10.8. The lowest BCUT2D eigenvalue weighted by molar-refractivity contribution is 0.0951. The van der Waals surface area contributed by atoms with Crippen LogP contribution in [0.2, 0.25) is 0 Å². The van der Waals surface area contributed by atoms with E-state index < -0.39 is 0 Å². The van der Waals surface area contributed by atoms with Crippen LogP contribution in [-0.2, 0) is 11.3 Å². The number of rotatable bonds is 10. The number of nitrogens with zero attached hydrogens (tertiary/aromatic N) is 3. The zero-order chi connectivity index (χ0) is 23.8. The van der Waals surface area contributed by atoms with Gasteiger partial charge in [-0.3, -0.25) is 4.79 Å². The number of pyridine rings is 1. The normalized spacial score (nSPS) is 10.6. The second kappa shape index (κ2) is 11.1. The van der Waals surface area contributed by atoms with Gasteiger partial charge in [-0.05, 0) is 29.8 Å². The van der Waals surface area contributed by atoms with Gasteiger partial charge in [-0.15, -0.1) is 0 Å². The van der Waals surface area contributed by atoms with Crippen LogP contribution >= 0.6 is 0 Å². The van der Waals surface area contributed by atoms with Gasteiger partial charge in [0.2, 0.25) is 5.88 Å². The Labute approximate surface area is 198 Å². The third-order valence-corrected chi connectivity index (χ3v) is 5.13. The molecule has 4 rings (SSSR count). The lowest BCUT2D eigenvalue weighted by Crippen LogP contribution is -2.23. The average molecular weight is 459 g/mol. The van der Waals surface area contributed by atoms with Crippen LogP contribution in [0, 0.1) is 0 Å². The first kappa shape index (κ1) is 23.0. The number of aromatic nitrogens is 3. The van der Waals surface area contributed by atoms with Gasteiger partial charge in [0, 0.05) is 37.7 Å². The summed E-state index contributed by atoms with van der Waals surface area (Å²) in [6.45, 7) is 1.23. The van der Waals surface area contributed by atoms with E-state index in [2.05, 4.69) is 10.3 Å². The maximum absolute atomic E-state index is 13.2. The fourth-order valence-corrected chi connectivity index (χ4v) is 3.40. The number of benzene rings is 2. The van der Waals surface area contributed by atoms with Crippen molar-refractivity contribution in [1.29, 1.82) is 0 Å².